The second-order valence-corrected chi connectivity index (χ2v) is 38.4. The zero-order valence-electron chi connectivity index (χ0n) is 72.8. The summed E-state index contributed by atoms with van der Waals surface area (Å²) < 4.78 is 19.5. The zero-order valence-corrected chi connectivity index (χ0v) is 76.0. The number of para-hydroxylation sites is 9. The first-order chi connectivity index (χ1) is 67.3. The Labute approximate surface area is 796 Å². The Balaban J connectivity index is 0.0000000965. The van der Waals surface area contributed by atoms with E-state index in [0.717, 1.165) is 111 Å². The third-order valence-corrected chi connectivity index (χ3v) is 31.2. The SMILES string of the molecule is N#Cc1ccc(-c2ccc3sc4ccccc4c3c2)c(-n2c3ccccc3c3ccccc32)c1.N#Cc1ccc(-n2c3ccccc3c3ccccc32)c(-c2ccc3sc4ccccc4c3c2)c1.N#Cc1cccc(-c2ccc3sc4ccccc4c3c2)c1-n1c2ccccc2c2ccccc21.N#Cc1cccc(-n2c3ccccc3c3ccccc32)c1-c1ccc2sc3ccccc3c2c1. The minimum atomic E-state index is 0.655. The Bertz CT molecular complexity index is 9570. The molecule has 0 saturated carbocycles. The molecule has 0 unspecified atom stereocenters. The molecule has 0 fully saturated rings. The normalized spacial score (nSPS) is 11.5. The molecule has 0 N–H and O–H groups in total. The number of thiophene rings is 4. The highest BCUT2D eigenvalue weighted by Crippen LogP contribution is 2.48. The van der Waals surface area contributed by atoms with Gasteiger partial charge >= 0.3 is 0 Å². The average Bonchev–Trinajstić information content (AvgIpc) is 1.58. The van der Waals surface area contributed by atoms with E-state index in [1.165, 1.54) is 124 Å². The fraction of sp³-hybridized carbons (Fsp3) is 0. The van der Waals surface area contributed by atoms with Crippen LogP contribution in [0, 0.1) is 45.3 Å². The lowest BCUT2D eigenvalue weighted by atomic mass is 9.96. The summed E-state index contributed by atoms with van der Waals surface area (Å²) in [6.45, 7) is 0. The molecule has 8 aromatic heterocycles. The summed E-state index contributed by atoms with van der Waals surface area (Å²) in [5, 5.41) is 59.5. The third kappa shape index (κ3) is 13.4. The predicted molar refractivity (Wildman–Crippen MR) is 575 cm³/mol. The van der Waals surface area contributed by atoms with E-state index in [1.54, 1.807) is 0 Å². The quantitative estimate of drug-likeness (QED) is 0.151. The van der Waals surface area contributed by atoms with Crippen molar-refractivity contribution < 1.29 is 0 Å². The fourth-order valence-corrected chi connectivity index (χ4v) is 24.9. The highest BCUT2D eigenvalue weighted by atomic mass is 32.1. The molecule has 12 heteroatoms. The summed E-state index contributed by atoms with van der Waals surface area (Å²) in [6.07, 6.45) is 0. The molecule has 28 rings (SSSR count). The van der Waals surface area contributed by atoms with E-state index in [1.807, 2.05) is 93.9 Å². The van der Waals surface area contributed by atoms with Crippen molar-refractivity contribution in [2.75, 3.05) is 0 Å². The molecule has 0 aliphatic heterocycles. The lowest BCUT2D eigenvalue weighted by Gasteiger charge is -2.16. The number of benzene rings is 20. The highest BCUT2D eigenvalue weighted by Gasteiger charge is 2.25. The van der Waals surface area contributed by atoms with Crippen LogP contribution in [-0.4, -0.2) is 18.3 Å². The van der Waals surface area contributed by atoms with Gasteiger partial charge in [-0.2, -0.15) is 21.0 Å². The van der Waals surface area contributed by atoms with Crippen molar-refractivity contribution >= 4 is 213 Å². The molecule has 0 spiro atoms. The summed E-state index contributed by atoms with van der Waals surface area (Å²) in [4.78, 5) is 0. The molecule has 0 amide bonds. The van der Waals surface area contributed by atoms with Gasteiger partial charge < -0.3 is 18.3 Å². The molecule has 20 aromatic carbocycles. The number of fused-ring (bicyclic) bond motifs is 24. The van der Waals surface area contributed by atoms with Crippen LogP contribution in [0.25, 0.3) is 235 Å². The molecule has 0 aliphatic carbocycles. The summed E-state index contributed by atoms with van der Waals surface area (Å²) in [7, 11) is 0. The van der Waals surface area contributed by atoms with Crippen molar-refractivity contribution in [3.63, 3.8) is 0 Å². The third-order valence-electron chi connectivity index (χ3n) is 26.6. The Kier molecular flexibility index (Phi) is 19.8. The number of hydrogen-bond acceptors (Lipinski definition) is 8. The van der Waals surface area contributed by atoms with Gasteiger partial charge in [0.15, 0.2) is 0 Å². The molecule has 0 saturated heterocycles. The van der Waals surface area contributed by atoms with Crippen LogP contribution in [0.3, 0.4) is 0 Å². The Morgan fingerprint density at radius 2 is 0.456 bits per heavy atom. The van der Waals surface area contributed by atoms with E-state index in [-0.39, 0.29) is 0 Å². The van der Waals surface area contributed by atoms with E-state index in [2.05, 4.69) is 431 Å². The van der Waals surface area contributed by atoms with E-state index in [9.17, 15) is 21.0 Å². The lowest BCUT2D eigenvalue weighted by molar-refractivity contribution is 1.17. The molecule has 28 aromatic rings. The first-order valence-electron chi connectivity index (χ1n) is 45.1. The maximum absolute atomic E-state index is 10.2. The van der Waals surface area contributed by atoms with Crippen molar-refractivity contribution in [2.24, 2.45) is 0 Å². The van der Waals surface area contributed by atoms with Crippen molar-refractivity contribution in [1.29, 1.82) is 21.0 Å². The van der Waals surface area contributed by atoms with Crippen LogP contribution < -0.4 is 0 Å². The lowest BCUT2D eigenvalue weighted by Crippen LogP contribution is -2.00. The van der Waals surface area contributed by atoms with Gasteiger partial charge in [-0.3, -0.25) is 0 Å². The first-order valence-corrected chi connectivity index (χ1v) is 48.3. The van der Waals surface area contributed by atoms with Gasteiger partial charge in [-0.25, -0.2) is 0 Å². The van der Waals surface area contributed by atoms with Crippen LogP contribution in [0.15, 0.2) is 437 Å². The van der Waals surface area contributed by atoms with Crippen molar-refractivity contribution in [3.8, 4) is 91.5 Å². The van der Waals surface area contributed by atoms with Gasteiger partial charge in [0.1, 0.15) is 6.07 Å². The topological polar surface area (TPSA) is 115 Å². The Morgan fingerprint density at radius 3 is 0.838 bits per heavy atom. The van der Waals surface area contributed by atoms with Crippen LogP contribution in [0.4, 0.5) is 0 Å². The van der Waals surface area contributed by atoms with Crippen LogP contribution in [-0.2, 0) is 0 Å². The Hall–Kier alpha value is -17.6. The standard InChI is InChI=1S/4C31H18N2S/c32-19-21-8-7-12-22(20-16-17-30-26(18-20)25-11-3-6-15-29(25)34-30)31(21)33-27-13-4-1-9-23(27)24-10-2-5-14-28(24)33;32-19-21-8-7-14-28(33-26-12-4-1-9-22(26)23-10-2-5-13-27(23)33)31(21)20-16-17-30-25(18-20)24-11-3-6-15-29(24)34-30;32-19-20-13-15-22(21-14-16-31-26(18-21)25-9-3-6-12-30(25)34-31)29(17-20)33-27-10-4-1-7-23(27)24-8-2-5-11-28(24)33;32-19-20-13-15-29(33-27-10-4-1-7-22(27)23-8-2-5-11-28(23)33)25(17-20)21-14-16-31-26(18-21)24-9-3-6-12-30(24)34-31/h4*1-18H. The highest BCUT2D eigenvalue weighted by molar-refractivity contribution is 7.27. The smallest absolute Gasteiger partial charge is 0.101 e. The molecule has 0 aliphatic rings. The summed E-state index contributed by atoms with van der Waals surface area (Å²) >= 11 is 7.28. The van der Waals surface area contributed by atoms with Gasteiger partial charge in [0, 0.05) is 146 Å². The van der Waals surface area contributed by atoms with Gasteiger partial charge in [-0.05, 0) is 192 Å². The summed E-state index contributed by atoms with van der Waals surface area (Å²) in [6, 6.07) is 163. The number of nitrogens with zero attached hydrogens (tertiary/aromatic N) is 8. The van der Waals surface area contributed by atoms with Gasteiger partial charge in [0.25, 0.3) is 0 Å². The van der Waals surface area contributed by atoms with Gasteiger partial charge in [-0.15, -0.1) is 45.3 Å². The second-order valence-electron chi connectivity index (χ2n) is 34.0. The van der Waals surface area contributed by atoms with E-state index in [4.69, 9.17) is 0 Å². The van der Waals surface area contributed by atoms with E-state index in [0.29, 0.717) is 22.3 Å². The first kappa shape index (κ1) is 80.5. The van der Waals surface area contributed by atoms with Crippen LogP contribution in [0.1, 0.15) is 22.3 Å². The molecular formula is C124H72N8S4. The maximum atomic E-state index is 10.2. The Morgan fingerprint density at radius 1 is 0.169 bits per heavy atom. The average molecular weight is 1800 g/mol. The minimum absolute atomic E-state index is 0.655. The molecular weight excluding hydrogens is 1730 g/mol. The van der Waals surface area contributed by atoms with Crippen molar-refractivity contribution in [1.82, 2.24) is 18.3 Å². The zero-order chi connectivity index (χ0) is 90.6. The van der Waals surface area contributed by atoms with Gasteiger partial charge in [-0.1, -0.05) is 267 Å². The monoisotopic (exact) mass is 1800 g/mol. The van der Waals surface area contributed by atoms with E-state index >= 15 is 0 Å². The molecule has 0 bridgehead atoms. The number of aromatic nitrogens is 4. The fourth-order valence-electron chi connectivity index (χ4n) is 20.6. The second kappa shape index (κ2) is 33.4. The van der Waals surface area contributed by atoms with Gasteiger partial charge in [0.05, 0.1) is 107 Å². The van der Waals surface area contributed by atoms with Crippen LogP contribution in [0.5, 0.6) is 0 Å². The van der Waals surface area contributed by atoms with Gasteiger partial charge in [0.2, 0.25) is 0 Å². The molecule has 8 heterocycles. The van der Waals surface area contributed by atoms with E-state index < -0.39 is 0 Å². The van der Waals surface area contributed by atoms with Crippen LogP contribution >= 0.6 is 45.3 Å². The number of hydrogen-bond donors (Lipinski definition) is 0. The van der Waals surface area contributed by atoms with Crippen molar-refractivity contribution in [3.05, 3.63) is 459 Å². The number of rotatable bonds is 8. The summed E-state index contributed by atoms with van der Waals surface area (Å²) in [5.41, 5.74) is 24.5. The number of nitriles is 4. The molecule has 8 nitrogen and oxygen atoms in total. The predicted octanol–water partition coefficient (Wildman–Crippen LogP) is 34.8. The molecule has 0 atom stereocenters. The minimum Gasteiger partial charge on any atom is -0.309 e. The van der Waals surface area contributed by atoms with Crippen LogP contribution in [0.2, 0.25) is 0 Å². The largest absolute Gasteiger partial charge is 0.309 e. The molecule has 632 valence electrons. The summed E-state index contributed by atoms with van der Waals surface area (Å²) in [5.74, 6) is 0. The molecule has 136 heavy (non-hydrogen) atoms. The maximum Gasteiger partial charge on any atom is 0.101 e. The van der Waals surface area contributed by atoms with Crippen molar-refractivity contribution in [2.45, 2.75) is 0 Å². The molecule has 0 radical (unpaired) electrons.